The molecule has 7 heteroatoms. The average Bonchev–Trinajstić information content (AvgIpc) is 2.96. The maximum Gasteiger partial charge on any atom is 0.246 e. The van der Waals surface area contributed by atoms with Gasteiger partial charge >= 0.3 is 0 Å². The molecule has 0 saturated carbocycles. The molecule has 1 amide bonds. The van der Waals surface area contributed by atoms with Gasteiger partial charge < -0.3 is 14.4 Å². The zero-order chi connectivity index (χ0) is 21.0. The Morgan fingerprint density at radius 2 is 2.10 bits per heavy atom. The highest BCUT2D eigenvalue weighted by molar-refractivity contribution is 6.31. The number of hydrogen-bond acceptors (Lipinski definition) is 4. The standard InChI is InChI=1S/C22H28ClN3O3/c1-5-25(14-17-7-6-8-19-21(17)29-12-11-28-19)20(27)10-9-18-16(4)24-26(22(18)23)13-15(2)3/h6-10,15H,5,11-14H2,1-4H3/b10-9+. The summed E-state index contributed by atoms with van der Waals surface area (Å²) in [5.74, 6) is 1.80. The van der Waals surface area contributed by atoms with Crippen molar-refractivity contribution in [3.05, 3.63) is 46.2 Å². The Hall–Kier alpha value is -2.47. The molecule has 3 rings (SSSR count). The largest absolute Gasteiger partial charge is 0.486 e. The summed E-state index contributed by atoms with van der Waals surface area (Å²) >= 11 is 6.47. The second-order valence-corrected chi connectivity index (χ2v) is 7.85. The topological polar surface area (TPSA) is 56.6 Å². The molecule has 1 aliphatic rings. The molecule has 1 aromatic carbocycles. The Balaban J connectivity index is 1.75. The van der Waals surface area contributed by atoms with Gasteiger partial charge in [-0.05, 0) is 31.9 Å². The number of benzene rings is 1. The molecule has 0 N–H and O–H groups in total. The van der Waals surface area contributed by atoms with Crippen molar-refractivity contribution >= 4 is 23.6 Å². The Bertz CT molecular complexity index is 905. The fraction of sp³-hybridized carbons (Fsp3) is 0.455. The van der Waals surface area contributed by atoms with Crippen molar-refractivity contribution in [3.63, 3.8) is 0 Å². The molecule has 0 aliphatic carbocycles. The Labute approximate surface area is 177 Å². The van der Waals surface area contributed by atoms with Gasteiger partial charge in [0.1, 0.15) is 18.4 Å². The predicted molar refractivity (Wildman–Crippen MR) is 114 cm³/mol. The van der Waals surface area contributed by atoms with Crippen LogP contribution in [0.4, 0.5) is 0 Å². The van der Waals surface area contributed by atoms with Gasteiger partial charge in [-0.3, -0.25) is 9.48 Å². The number of fused-ring (bicyclic) bond motifs is 1. The molecule has 0 saturated heterocycles. The molecule has 2 heterocycles. The molecule has 2 aromatic rings. The molecular weight excluding hydrogens is 390 g/mol. The van der Waals surface area contributed by atoms with Crippen molar-refractivity contribution in [1.82, 2.24) is 14.7 Å². The lowest BCUT2D eigenvalue weighted by Crippen LogP contribution is -2.29. The van der Waals surface area contributed by atoms with E-state index in [1.54, 1.807) is 21.7 Å². The number of aromatic nitrogens is 2. The smallest absolute Gasteiger partial charge is 0.246 e. The van der Waals surface area contributed by atoms with Crippen LogP contribution < -0.4 is 9.47 Å². The summed E-state index contributed by atoms with van der Waals surface area (Å²) in [6, 6.07) is 5.77. The van der Waals surface area contributed by atoms with Gasteiger partial charge in [0.15, 0.2) is 11.5 Å². The van der Waals surface area contributed by atoms with Crippen molar-refractivity contribution in [2.75, 3.05) is 19.8 Å². The van der Waals surface area contributed by atoms with E-state index < -0.39 is 0 Å². The number of nitrogens with zero attached hydrogens (tertiary/aromatic N) is 3. The first-order valence-electron chi connectivity index (χ1n) is 9.98. The first-order valence-corrected chi connectivity index (χ1v) is 10.4. The van der Waals surface area contributed by atoms with Crippen LogP contribution in [0.25, 0.3) is 6.08 Å². The molecule has 156 valence electrons. The number of carbonyl (C=O) groups is 1. The van der Waals surface area contributed by atoms with Crippen molar-refractivity contribution in [1.29, 1.82) is 0 Å². The molecule has 0 radical (unpaired) electrons. The van der Waals surface area contributed by atoms with Crippen LogP contribution in [-0.2, 0) is 17.9 Å². The quantitative estimate of drug-likeness (QED) is 0.629. The summed E-state index contributed by atoms with van der Waals surface area (Å²) in [6.07, 6.45) is 3.32. The summed E-state index contributed by atoms with van der Waals surface area (Å²) in [5.41, 5.74) is 2.53. The van der Waals surface area contributed by atoms with Crippen LogP contribution in [0.15, 0.2) is 24.3 Å². The number of ether oxygens (including phenoxy) is 2. The summed E-state index contributed by atoms with van der Waals surface area (Å²) in [4.78, 5) is 14.6. The van der Waals surface area contributed by atoms with Gasteiger partial charge in [0.2, 0.25) is 5.91 Å². The van der Waals surface area contributed by atoms with E-state index >= 15 is 0 Å². The first-order chi connectivity index (χ1) is 13.9. The molecule has 0 unspecified atom stereocenters. The van der Waals surface area contributed by atoms with Gasteiger partial charge in [-0.1, -0.05) is 37.6 Å². The molecular formula is C22H28ClN3O3. The third kappa shape index (κ3) is 4.93. The first kappa shape index (κ1) is 21.2. The highest BCUT2D eigenvalue weighted by atomic mass is 35.5. The normalized spacial score (nSPS) is 13.3. The average molecular weight is 418 g/mol. The number of amides is 1. The lowest BCUT2D eigenvalue weighted by atomic mass is 10.1. The maximum absolute atomic E-state index is 12.8. The number of halogens is 1. The van der Waals surface area contributed by atoms with Gasteiger partial charge in [0, 0.05) is 36.8 Å². The Morgan fingerprint density at radius 1 is 1.34 bits per heavy atom. The van der Waals surface area contributed by atoms with Gasteiger partial charge in [-0.15, -0.1) is 0 Å². The van der Waals surface area contributed by atoms with E-state index in [4.69, 9.17) is 21.1 Å². The van der Waals surface area contributed by atoms with Crippen LogP contribution in [0.2, 0.25) is 5.15 Å². The van der Waals surface area contributed by atoms with E-state index in [0.29, 0.717) is 37.4 Å². The van der Waals surface area contributed by atoms with Crippen LogP contribution in [0.3, 0.4) is 0 Å². The van der Waals surface area contributed by atoms with Crippen LogP contribution in [0, 0.1) is 12.8 Å². The second-order valence-electron chi connectivity index (χ2n) is 7.49. The van der Waals surface area contributed by atoms with Gasteiger partial charge in [-0.2, -0.15) is 5.10 Å². The lowest BCUT2D eigenvalue weighted by molar-refractivity contribution is -0.126. The molecule has 1 aromatic heterocycles. The summed E-state index contributed by atoms with van der Waals surface area (Å²) in [7, 11) is 0. The minimum atomic E-state index is -0.0890. The number of aryl methyl sites for hydroxylation is 1. The van der Waals surface area contributed by atoms with Crippen molar-refractivity contribution < 1.29 is 14.3 Å². The van der Waals surface area contributed by atoms with E-state index in [0.717, 1.165) is 34.9 Å². The third-order valence-corrected chi connectivity index (χ3v) is 5.14. The third-order valence-electron chi connectivity index (χ3n) is 4.74. The molecule has 29 heavy (non-hydrogen) atoms. The number of hydrogen-bond donors (Lipinski definition) is 0. The Morgan fingerprint density at radius 3 is 2.83 bits per heavy atom. The maximum atomic E-state index is 12.8. The molecule has 0 atom stereocenters. The minimum Gasteiger partial charge on any atom is -0.486 e. The highest BCUT2D eigenvalue weighted by Crippen LogP contribution is 2.34. The van der Waals surface area contributed by atoms with E-state index in [2.05, 4.69) is 18.9 Å². The lowest BCUT2D eigenvalue weighted by Gasteiger charge is -2.24. The summed E-state index contributed by atoms with van der Waals surface area (Å²) < 4.78 is 13.2. The van der Waals surface area contributed by atoms with Crippen LogP contribution >= 0.6 is 11.6 Å². The molecule has 6 nitrogen and oxygen atoms in total. The minimum absolute atomic E-state index is 0.0890. The highest BCUT2D eigenvalue weighted by Gasteiger charge is 2.19. The van der Waals surface area contributed by atoms with E-state index in [1.165, 1.54) is 0 Å². The van der Waals surface area contributed by atoms with Gasteiger partial charge in [0.25, 0.3) is 0 Å². The van der Waals surface area contributed by atoms with Crippen molar-refractivity contribution in [2.24, 2.45) is 5.92 Å². The van der Waals surface area contributed by atoms with Crippen LogP contribution in [0.5, 0.6) is 11.5 Å². The van der Waals surface area contributed by atoms with Crippen molar-refractivity contribution in [3.8, 4) is 11.5 Å². The molecule has 0 bridgehead atoms. The summed E-state index contributed by atoms with van der Waals surface area (Å²) in [5, 5.41) is 5.05. The number of rotatable bonds is 7. The van der Waals surface area contributed by atoms with Crippen LogP contribution in [-0.4, -0.2) is 40.3 Å². The molecule has 0 spiro atoms. The molecule has 1 aliphatic heterocycles. The number of likely N-dealkylation sites (N-methyl/N-ethyl adjacent to an activating group) is 1. The van der Waals surface area contributed by atoms with Crippen LogP contribution in [0.1, 0.15) is 37.6 Å². The fourth-order valence-electron chi connectivity index (χ4n) is 3.29. The van der Waals surface area contributed by atoms with Gasteiger partial charge in [-0.25, -0.2) is 0 Å². The van der Waals surface area contributed by atoms with Gasteiger partial charge in [0.05, 0.1) is 5.69 Å². The Kier molecular flexibility index (Phi) is 6.85. The number of carbonyl (C=O) groups excluding carboxylic acids is 1. The van der Waals surface area contributed by atoms with E-state index in [-0.39, 0.29) is 5.91 Å². The fourth-order valence-corrected chi connectivity index (χ4v) is 3.60. The SMILES string of the molecule is CCN(Cc1cccc2c1OCCO2)C(=O)/C=C/c1c(C)nn(CC(C)C)c1Cl. The second kappa shape index (κ2) is 9.35. The van der Waals surface area contributed by atoms with E-state index in [1.807, 2.05) is 32.0 Å². The number of para-hydroxylation sites is 1. The van der Waals surface area contributed by atoms with Crippen molar-refractivity contribution in [2.45, 2.75) is 40.8 Å². The monoisotopic (exact) mass is 417 g/mol. The zero-order valence-electron chi connectivity index (χ0n) is 17.4. The van der Waals surface area contributed by atoms with E-state index in [9.17, 15) is 4.79 Å². The zero-order valence-corrected chi connectivity index (χ0v) is 18.2. The molecule has 0 fully saturated rings. The summed E-state index contributed by atoms with van der Waals surface area (Å²) in [6.45, 7) is 10.9. The predicted octanol–water partition coefficient (Wildman–Crippen LogP) is 4.33.